The predicted octanol–water partition coefficient (Wildman–Crippen LogP) is -0.403. The molecule has 0 saturated carbocycles. The highest BCUT2D eigenvalue weighted by Crippen LogP contribution is 2.21. The highest BCUT2D eigenvalue weighted by atomic mass is 32.2. The van der Waals surface area contributed by atoms with Gasteiger partial charge < -0.3 is 15.7 Å². The smallest absolute Gasteiger partial charge is 0.339 e. The van der Waals surface area contributed by atoms with Gasteiger partial charge in [0.25, 0.3) is 0 Å². The lowest BCUT2D eigenvalue weighted by Crippen LogP contribution is -2.41. The van der Waals surface area contributed by atoms with E-state index in [1.54, 1.807) is 4.90 Å². The molecule has 2 heterocycles. The summed E-state index contributed by atoms with van der Waals surface area (Å²) in [5, 5.41) is 9.08. The number of carboxylic acids is 1. The Labute approximate surface area is 104 Å². The van der Waals surface area contributed by atoms with Gasteiger partial charge in [-0.25, -0.2) is 18.2 Å². The lowest BCUT2D eigenvalue weighted by Gasteiger charge is -2.28. The number of pyridine rings is 1. The first-order valence-electron chi connectivity index (χ1n) is 5.33. The quantitative estimate of drug-likeness (QED) is 0.752. The van der Waals surface area contributed by atoms with Gasteiger partial charge in [0, 0.05) is 13.1 Å². The predicted molar refractivity (Wildman–Crippen MR) is 66.5 cm³/mol. The van der Waals surface area contributed by atoms with Crippen LogP contribution in [0.1, 0.15) is 10.4 Å². The summed E-state index contributed by atoms with van der Waals surface area (Å²) in [5.74, 6) is -0.833. The van der Waals surface area contributed by atoms with Crippen molar-refractivity contribution in [3.05, 3.63) is 17.8 Å². The Hall–Kier alpha value is -1.83. The molecule has 1 aromatic heterocycles. The fourth-order valence-electron chi connectivity index (χ4n) is 1.81. The standard InChI is InChI=1S/C10H13N3O4S/c11-7-5-8(10(14)15)9(12-6-7)13-1-3-18(16,17)4-2-13/h5-6H,1-4,11H2,(H,14,15). The van der Waals surface area contributed by atoms with Crippen molar-refractivity contribution in [3.63, 3.8) is 0 Å². The van der Waals surface area contributed by atoms with Crippen molar-refractivity contribution in [1.82, 2.24) is 4.98 Å². The number of aromatic nitrogens is 1. The van der Waals surface area contributed by atoms with Crippen molar-refractivity contribution in [3.8, 4) is 0 Å². The van der Waals surface area contributed by atoms with Gasteiger partial charge in [-0.3, -0.25) is 0 Å². The molecule has 0 bridgehead atoms. The molecule has 8 heteroatoms. The number of nitrogens with two attached hydrogens (primary N) is 1. The third-order valence-electron chi connectivity index (χ3n) is 2.76. The molecule has 1 aromatic rings. The molecule has 2 rings (SSSR count). The number of rotatable bonds is 2. The minimum Gasteiger partial charge on any atom is -0.478 e. The maximum atomic E-state index is 11.3. The molecular weight excluding hydrogens is 258 g/mol. The van der Waals surface area contributed by atoms with Gasteiger partial charge in [0.15, 0.2) is 9.84 Å². The van der Waals surface area contributed by atoms with Gasteiger partial charge in [0.05, 0.1) is 23.4 Å². The molecule has 0 spiro atoms. The van der Waals surface area contributed by atoms with E-state index in [1.807, 2.05) is 0 Å². The average molecular weight is 271 g/mol. The Morgan fingerprint density at radius 1 is 1.39 bits per heavy atom. The Balaban J connectivity index is 2.32. The van der Waals surface area contributed by atoms with Crippen LogP contribution in [0.2, 0.25) is 0 Å². The lowest BCUT2D eigenvalue weighted by molar-refractivity contribution is 0.0697. The number of nitrogens with zero attached hydrogens (tertiary/aromatic N) is 2. The van der Waals surface area contributed by atoms with Crippen LogP contribution in [-0.4, -0.2) is 49.1 Å². The van der Waals surface area contributed by atoms with E-state index < -0.39 is 15.8 Å². The summed E-state index contributed by atoms with van der Waals surface area (Å²) >= 11 is 0. The summed E-state index contributed by atoms with van der Waals surface area (Å²) in [6, 6.07) is 1.33. The second-order valence-corrected chi connectivity index (χ2v) is 6.39. The molecule has 98 valence electrons. The lowest BCUT2D eigenvalue weighted by atomic mass is 10.2. The van der Waals surface area contributed by atoms with Crippen molar-refractivity contribution >= 4 is 27.3 Å². The van der Waals surface area contributed by atoms with Crippen LogP contribution < -0.4 is 10.6 Å². The van der Waals surface area contributed by atoms with Crippen molar-refractivity contribution in [2.75, 3.05) is 35.2 Å². The maximum Gasteiger partial charge on any atom is 0.339 e. The zero-order valence-electron chi connectivity index (χ0n) is 9.54. The van der Waals surface area contributed by atoms with E-state index in [1.165, 1.54) is 12.3 Å². The second-order valence-electron chi connectivity index (χ2n) is 4.08. The van der Waals surface area contributed by atoms with Crippen LogP contribution in [0.3, 0.4) is 0 Å². The summed E-state index contributed by atoms with van der Waals surface area (Å²) in [6.45, 7) is 0.499. The topological polar surface area (TPSA) is 114 Å². The minimum absolute atomic E-state index is 0.00528. The Kier molecular flexibility index (Phi) is 3.12. The first-order chi connectivity index (χ1) is 8.39. The van der Waals surface area contributed by atoms with Crippen LogP contribution in [0.25, 0.3) is 0 Å². The molecule has 0 atom stereocenters. The van der Waals surface area contributed by atoms with E-state index in [4.69, 9.17) is 10.8 Å². The summed E-state index contributed by atoms with van der Waals surface area (Å²) in [5.41, 5.74) is 5.76. The molecule has 0 radical (unpaired) electrons. The third-order valence-corrected chi connectivity index (χ3v) is 4.37. The molecule has 0 amide bonds. The van der Waals surface area contributed by atoms with Crippen molar-refractivity contribution in [1.29, 1.82) is 0 Å². The van der Waals surface area contributed by atoms with Crippen molar-refractivity contribution in [2.45, 2.75) is 0 Å². The Morgan fingerprint density at radius 2 is 2.00 bits per heavy atom. The fraction of sp³-hybridized carbons (Fsp3) is 0.400. The molecule has 1 aliphatic heterocycles. The number of carbonyl (C=O) groups is 1. The van der Waals surface area contributed by atoms with E-state index in [0.29, 0.717) is 0 Å². The van der Waals surface area contributed by atoms with Crippen LogP contribution in [-0.2, 0) is 9.84 Å². The molecule has 18 heavy (non-hydrogen) atoms. The average Bonchev–Trinajstić information content (AvgIpc) is 2.29. The maximum absolute atomic E-state index is 11.3. The van der Waals surface area contributed by atoms with E-state index >= 15 is 0 Å². The summed E-state index contributed by atoms with van der Waals surface area (Å²) in [4.78, 5) is 16.8. The van der Waals surface area contributed by atoms with Gasteiger partial charge >= 0.3 is 5.97 Å². The number of sulfone groups is 1. The Morgan fingerprint density at radius 3 is 2.56 bits per heavy atom. The zero-order valence-corrected chi connectivity index (χ0v) is 10.4. The van der Waals surface area contributed by atoms with Gasteiger partial charge in [-0.15, -0.1) is 0 Å². The molecule has 1 aliphatic rings. The summed E-state index contributed by atoms with van der Waals surface area (Å²) < 4.78 is 22.6. The number of hydrogen-bond acceptors (Lipinski definition) is 6. The zero-order chi connectivity index (χ0) is 13.3. The second kappa shape index (κ2) is 4.45. The molecule has 0 unspecified atom stereocenters. The normalized spacial score (nSPS) is 18.6. The molecule has 1 fully saturated rings. The first-order valence-corrected chi connectivity index (χ1v) is 7.15. The van der Waals surface area contributed by atoms with Gasteiger partial charge in [-0.2, -0.15) is 0 Å². The number of carboxylic acid groups (broad SMARTS) is 1. The molecule has 0 aliphatic carbocycles. The van der Waals surface area contributed by atoms with Crippen LogP contribution in [0.5, 0.6) is 0 Å². The van der Waals surface area contributed by atoms with Crippen LogP contribution in [0, 0.1) is 0 Å². The van der Waals surface area contributed by atoms with Gasteiger partial charge in [0.1, 0.15) is 11.4 Å². The highest BCUT2D eigenvalue weighted by Gasteiger charge is 2.25. The van der Waals surface area contributed by atoms with Gasteiger partial charge in [0.2, 0.25) is 0 Å². The Bertz CT molecular complexity index is 571. The largest absolute Gasteiger partial charge is 0.478 e. The first kappa shape index (κ1) is 12.6. The van der Waals surface area contributed by atoms with Crippen LogP contribution in [0.15, 0.2) is 12.3 Å². The van der Waals surface area contributed by atoms with E-state index in [-0.39, 0.29) is 41.7 Å². The number of nitrogen functional groups attached to an aromatic ring is 1. The molecule has 7 nitrogen and oxygen atoms in total. The van der Waals surface area contributed by atoms with Crippen molar-refractivity contribution < 1.29 is 18.3 Å². The molecule has 1 saturated heterocycles. The highest BCUT2D eigenvalue weighted by molar-refractivity contribution is 7.91. The number of hydrogen-bond donors (Lipinski definition) is 2. The van der Waals surface area contributed by atoms with Crippen LogP contribution >= 0.6 is 0 Å². The van der Waals surface area contributed by atoms with E-state index in [9.17, 15) is 13.2 Å². The van der Waals surface area contributed by atoms with Crippen LogP contribution in [0.4, 0.5) is 11.5 Å². The third kappa shape index (κ3) is 2.53. The molecular formula is C10H13N3O4S. The molecule has 3 N–H and O–H groups in total. The van der Waals surface area contributed by atoms with Gasteiger partial charge in [-0.05, 0) is 6.07 Å². The summed E-state index contributed by atoms with van der Waals surface area (Å²) in [7, 11) is -3.01. The SMILES string of the molecule is Nc1cnc(N2CCS(=O)(=O)CC2)c(C(=O)O)c1. The van der Waals surface area contributed by atoms with Crippen molar-refractivity contribution in [2.24, 2.45) is 0 Å². The monoisotopic (exact) mass is 271 g/mol. The number of aromatic carboxylic acids is 1. The van der Waals surface area contributed by atoms with E-state index in [2.05, 4.69) is 4.98 Å². The minimum atomic E-state index is -3.01. The fourth-order valence-corrected chi connectivity index (χ4v) is 3.01. The van der Waals surface area contributed by atoms with Gasteiger partial charge in [-0.1, -0.05) is 0 Å². The summed E-state index contributed by atoms with van der Waals surface area (Å²) in [6.07, 6.45) is 1.37. The number of anilines is 2. The molecule has 0 aromatic carbocycles. The van der Waals surface area contributed by atoms with E-state index in [0.717, 1.165) is 0 Å².